The van der Waals surface area contributed by atoms with Crippen LogP contribution in [0.5, 0.6) is 0 Å². The third-order valence-corrected chi connectivity index (χ3v) is 2.82. The molecule has 0 aliphatic heterocycles. The number of amides is 1. The van der Waals surface area contributed by atoms with Gasteiger partial charge >= 0.3 is 0 Å². The second kappa shape index (κ2) is 5.20. The molecule has 1 aromatic heterocycles. The largest absolute Gasteiger partial charge is 0.330 e. The average Bonchev–Trinajstić information content (AvgIpc) is 2.32. The van der Waals surface area contributed by atoms with Crippen LogP contribution in [0.1, 0.15) is 6.42 Å². The van der Waals surface area contributed by atoms with Crippen LogP contribution < -0.4 is 16.6 Å². The number of nitrogens with two attached hydrogens (primary N) is 1. The lowest BCUT2D eigenvalue weighted by molar-refractivity contribution is -0.116. The normalized spacial score (nSPS) is 10.6. The molecule has 2 aromatic rings. The topological polar surface area (TPSA) is 88.0 Å². The van der Waals surface area contributed by atoms with Gasteiger partial charge in [-0.25, -0.2) is 0 Å². The van der Waals surface area contributed by atoms with Crippen molar-refractivity contribution in [3.8, 4) is 0 Å². The number of hydrogen-bond donors (Lipinski definition) is 3. The Balaban J connectivity index is 2.44. The van der Waals surface area contributed by atoms with E-state index < -0.39 is 0 Å². The van der Waals surface area contributed by atoms with Gasteiger partial charge in [0.05, 0.1) is 10.7 Å². The number of hydrogen-bond acceptors (Lipinski definition) is 3. The maximum absolute atomic E-state index is 11.5. The van der Waals surface area contributed by atoms with Gasteiger partial charge in [-0.2, -0.15) is 0 Å². The Bertz CT molecular complexity index is 651. The lowest BCUT2D eigenvalue weighted by Gasteiger charge is -2.08. The predicted molar refractivity (Wildman–Crippen MR) is 71.9 cm³/mol. The van der Waals surface area contributed by atoms with Crippen LogP contribution in [0.4, 0.5) is 5.69 Å². The molecular weight excluding hydrogens is 254 g/mol. The monoisotopic (exact) mass is 265 g/mol. The first-order valence-corrected chi connectivity index (χ1v) is 5.80. The van der Waals surface area contributed by atoms with Gasteiger partial charge in [0, 0.05) is 24.5 Å². The Morgan fingerprint density at radius 2 is 2.22 bits per heavy atom. The highest BCUT2D eigenvalue weighted by Crippen LogP contribution is 2.26. The molecule has 0 fully saturated rings. The molecule has 0 bridgehead atoms. The fourth-order valence-electron chi connectivity index (χ4n) is 1.65. The van der Waals surface area contributed by atoms with E-state index >= 15 is 0 Å². The molecule has 6 heteroatoms. The molecule has 0 atom stereocenters. The van der Waals surface area contributed by atoms with Crippen molar-refractivity contribution in [2.75, 3.05) is 11.9 Å². The summed E-state index contributed by atoms with van der Waals surface area (Å²) >= 11 is 6.02. The highest BCUT2D eigenvalue weighted by atomic mass is 35.5. The third kappa shape index (κ3) is 2.52. The quantitative estimate of drug-likeness (QED) is 0.785. The van der Waals surface area contributed by atoms with Crippen molar-refractivity contribution >= 4 is 34.0 Å². The number of pyridine rings is 1. The van der Waals surface area contributed by atoms with Crippen molar-refractivity contribution < 1.29 is 4.79 Å². The van der Waals surface area contributed by atoms with E-state index in [1.165, 1.54) is 6.07 Å². The number of benzene rings is 1. The number of nitrogens with one attached hydrogen (secondary N) is 2. The minimum absolute atomic E-state index is 0.205. The first kappa shape index (κ1) is 12.6. The summed E-state index contributed by atoms with van der Waals surface area (Å²) in [4.78, 5) is 25.6. The molecule has 0 unspecified atom stereocenters. The lowest BCUT2D eigenvalue weighted by atomic mass is 10.1. The number of carbonyl (C=O) groups excluding carboxylic acids is 1. The van der Waals surface area contributed by atoms with Crippen LogP contribution in [0, 0.1) is 0 Å². The zero-order valence-corrected chi connectivity index (χ0v) is 10.3. The number of H-pyrrole nitrogens is 1. The highest BCUT2D eigenvalue weighted by molar-refractivity contribution is 6.34. The molecule has 0 aliphatic rings. The maximum Gasteiger partial charge on any atom is 0.255 e. The smallest absolute Gasteiger partial charge is 0.255 e. The molecule has 0 spiro atoms. The first-order valence-electron chi connectivity index (χ1n) is 5.42. The number of rotatable bonds is 3. The van der Waals surface area contributed by atoms with Crippen LogP contribution in [-0.2, 0) is 4.79 Å². The van der Waals surface area contributed by atoms with Crippen LogP contribution in [0.25, 0.3) is 10.8 Å². The molecule has 1 heterocycles. The Hall–Kier alpha value is -1.85. The van der Waals surface area contributed by atoms with E-state index in [1.807, 2.05) is 0 Å². The summed E-state index contributed by atoms with van der Waals surface area (Å²) in [5, 5.41) is 4.18. The molecule has 4 N–H and O–H groups in total. The van der Waals surface area contributed by atoms with E-state index in [9.17, 15) is 9.59 Å². The minimum Gasteiger partial charge on any atom is -0.330 e. The fraction of sp³-hybridized carbons (Fsp3) is 0.167. The first-order chi connectivity index (χ1) is 8.61. The second-order valence-corrected chi connectivity index (χ2v) is 4.22. The van der Waals surface area contributed by atoms with Gasteiger partial charge in [-0.1, -0.05) is 11.6 Å². The summed E-state index contributed by atoms with van der Waals surface area (Å²) in [6.07, 6.45) is 1.77. The zero-order valence-electron chi connectivity index (χ0n) is 9.50. The van der Waals surface area contributed by atoms with Gasteiger partial charge in [-0.05, 0) is 23.6 Å². The fourth-order valence-corrected chi connectivity index (χ4v) is 1.86. The van der Waals surface area contributed by atoms with Crippen molar-refractivity contribution in [1.29, 1.82) is 0 Å². The molecule has 94 valence electrons. The van der Waals surface area contributed by atoms with Crippen LogP contribution in [0.3, 0.4) is 0 Å². The van der Waals surface area contributed by atoms with Crippen LogP contribution >= 0.6 is 11.6 Å². The molecule has 2 rings (SSSR count). The molecule has 0 saturated heterocycles. The standard InChI is InChI=1S/C12H12ClN3O2/c13-9-6-8-7(2-4-15-12(8)18)5-10(9)16-11(17)1-3-14/h2,4-6H,1,3,14H2,(H,15,18)(H,16,17). The Kier molecular flexibility index (Phi) is 3.64. The molecular formula is C12H12ClN3O2. The van der Waals surface area contributed by atoms with Gasteiger partial charge in [0.25, 0.3) is 5.56 Å². The van der Waals surface area contributed by atoms with E-state index in [1.54, 1.807) is 18.3 Å². The maximum atomic E-state index is 11.5. The van der Waals surface area contributed by atoms with Crippen molar-refractivity contribution in [3.05, 3.63) is 39.8 Å². The van der Waals surface area contributed by atoms with E-state index in [0.29, 0.717) is 21.5 Å². The van der Waals surface area contributed by atoms with E-state index in [4.69, 9.17) is 17.3 Å². The third-order valence-electron chi connectivity index (χ3n) is 2.51. The second-order valence-electron chi connectivity index (χ2n) is 3.81. The van der Waals surface area contributed by atoms with Gasteiger partial charge in [-0.15, -0.1) is 0 Å². The SMILES string of the molecule is NCCC(=O)Nc1cc2cc[nH]c(=O)c2cc1Cl. The molecule has 0 aliphatic carbocycles. The van der Waals surface area contributed by atoms with Crippen molar-refractivity contribution in [2.45, 2.75) is 6.42 Å². The van der Waals surface area contributed by atoms with Crippen molar-refractivity contribution in [1.82, 2.24) is 4.98 Å². The Labute approximate surface area is 108 Å². The Morgan fingerprint density at radius 3 is 2.94 bits per heavy atom. The summed E-state index contributed by atoms with van der Waals surface area (Å²) in [6.45, 7) is 0.275. The van der Waals surface area contributed by atoms with Crippen molar-refractivity contribution in [2.24, 2.45) is 5.73 Å². The molecule has 1 aromatic carbocycles. The van der Waals surface area contributed by atoms with Crippen LogP contribution in [0.15, 0.2) is 29.2 Å². The van der Waals surface area contributed by atoms with Gasteiger partial charge < -0.3 is 16.0 Å². The lowest BCUT2D eigenvalue weighted by Crippen LogP contribution is -2.16. The number of fused-ring (bicyclic) bond motifs is 1. The average molecular weight is 266 g/mol. The van der Waals surface area contributed by atoms with Crippen LogP contribution in [0.2, 0.25) is 5.02 Å². The molecule has 1 amide bonds. The predicted octanol–water partition coefficient (Wildman–Crippen LogP) is 1.47. The van der Waals surface area contributed by atoms with E-state index in [-0.39, 0.29) is 24.4 Å². The summed E-state index contributed by atoms with van der Waals surface area (Å²) < 4.78 is 0. The zero-order chi connectivity index (χ0) is 13.1. The van der Waals surface area contributed by atoms with Gasteiger partial charge in [-0.3, -0.25) is 9.59 Å². The number of halogens is 1. The van der Waals surface area contributed by atoms with Crippen molar-refractivity contribution in [3.63, 3.8) is 0 Å². The number of aromatic nitrogens is 1. The number of carbonyl (C=O) groups is 1. The molecule has 5 nitrogen and oxygen atoms in total. The highest BCUT2D eigenvalue weighted by Gasteiger charge is 2.08. The van der Waals surface area contributed by atoms with Gasteiger partial charge in [0.2, 0.25) is 5.91 Å². The molecule has 0 saturated carbocycles. The van der Waals surface area contributed by atoms with Crippen LogP contribution in [-0.4, -0.2) is 17.4 Å². The van der Waals surface area contributed by atoms with E-state index in [2.05, 4.69) is 10.3 Å². The minimum atomic E-state index is -0.214. The molecule has 0 radical (unpaired) electrons. The summed E-state index contributed by atoms with van der Waals surface area (Å²) in [6, 6.07) is 4.95. The van der Waals surface area contributed by atoms with E-state index in [0.717, 1.165) is 0 Å². The summed E-state index contributed by atoms with van der Waals surface area (Å²) in [5.74, 6) is -0.205. The summed E-state index contributed by atoms with van der Waals surface area (Å²) in [7, 11) is 0. The number of aromatic amines is 1. The number of anilines is 1. The summed E-state index contributed by atoms with van der Waals surface area (Å²) in [5.41, 5.74) is 5.56. The van der Waals surface area contributed by atoms with Gasteiger partial charge in [0.15, 0.2) is 0 Å². The Morgan fingerprint density at radius 1 is 1.44 bits per heavy atom. The van der Waals surface area contributed by atoms with Gasteiger partial charge in [0.1, 0.15) is 0 Å². The molecule has 18 heavy (non-hydrogen) atoms.